The van der Waals surface area contributed by atoms with E-state index in [0.717, 1.165) is 134 Å². The summed E-state index contributed by atoms with van der Waals surface area (Å²) in [7, 11) is 0. The van der Waals surface area contributed by atoms with Crippen LogP contribution in [0.25, 0.3) is 145 Å². The van der Waals surface area contributed by atoms with Gasteiger partial charge in [-0.15, -0.1) is 0 Å². The summed E-state index contributed by atoms with van der Waals surface area (Å²) in [5.41, 5.74) is 20.4. The minimum absolute atomic E-state index is 0.883. The lowest BCUT2D eigenvalue weighted by Crippen LogP contribution is -1.97. The van der Waals surface area contributed by atoms with Gasteiger partial charge in [-0.05, 0) is 129 Å². The number of pyridine rings is 2. The van der Waals surface area contributed by atoms with Crippen molar-refractivity contribution in [2.45, 2.75) is 0 Å². The summed E-state index contributed by atoms with van der Waals surface area (Å²) in [5, 5.41) is 4.63. The predicted molar refractivity (Wildman–Crippen MR) is 330 cm³/mol. The molecule has 374 valence electrons. The van der Waals surface area contributed by atoms with Crippen molar-refractivity contribution in [3.05, 3.63) is 291 Å². The Bertz CT molecular complexity index is 4480. The molecule has 0 atom stereocenters. The van der Waals surface area contributed by atoms with Crippen LogP contribution in [-0.4, -0.2) is 29.1 Å². The minimum Gasteiger partial charge on any atom is -0.292 e. The van der Waals surface area contributed by atoms with Crippen LogP contribution in [0.2, 0.25) is 0 Å². The number of para-hydroxylation sites is 2. The maximum absolute atomic E-state index is 5.39. The third-order valence-corrected chi connectivity index (χ3v) is 15.3. The fraction of sp³-hybridized carbons (Fsp3) is 0. The van der Waals surface area contributed by atoms with Gasteiger partial charge in [0.05, 0.1) is 44.8 Å². The molecule has 6 nitrogen and oxygen atoms in total. The monoisotopic (exact) mass is 1020 g/mol. The molecule has 4 heterocycles. The molecule has 0 unspecified atom stereocenters. The Hall–Kier alpha value is -10.8. The van der Waals surface area contributed by atoms with Crippen molar-refractivity contribution in [2.75, 3.05) is 0 Å². The first-order valence-corrected chi connectivity index (χ1v) is 27.0. The van der Waals surface area contributed by atoms with E-state index in [1.165, 1.54) is 11.1 Å². The molecule has 15 rings (SSSR count). The molecule has 0 fully saturated rings. The number of aromatic nitrogens is 6. The highest BCUT2D eigenvalue weighted by Crippen LogP contribution is 2.46. The second kappa shape index (κ2) is 19.6. The Morgan fingerprint density at radius 1 is 0.212 bits per heavy atom. The van der Waals surface area contributed by atoms with E-state index in [-0.39, 0.29) is 0 Å². The topological polar surface area (TPSA) is 61.4 Å². The number of hydrogen-bond donors (Lipinski definition) is 0. The molecule has 15 aromatic rings. The lowest BCUT2D eigenvalue weighted by atomic mass is 9.84. The van der Waals surface area contributed by atoms with Gasteiger partial charge in [0, 0.05) is 44.8 Å². The summed E-state index contributed by atoms with van der Waals surface area (Å²) in [6.45, 7) is 0. The van der Waals surface area contributed by atoms with Gasteiger partial charge in [-0.1, -0.05) is 206 Å². The Kier molecular flexibility index (Phi) is 11.4. The van der Waals surface area contributed by atoms with E-state index in [1.54, 1.807) is 0 Å². The molecule has 0 aliphatic carbocycles. The first-order chi connectivity index (χ1) is 39.7. The van der Waals surface area contributed by atoms with Crippen molar-refractivity contribution < 1.29 is 0 Å². The van der Waals surface area contributed by atoms with Gasteiger partial charge < -0.3 is 0 Å². The lowest BCUT2D eigenvalue weighted by Gasteiger charge is -2.19. The van der Waals surface area contributed by atoms with Crippen LogP contribution in [0.4, 0.5) is 0 Å². The number of imidazole rings is 2. The first-order valence-electron chi connectivity index (χ1n) is 27.0. The van der Waals surface area contributed by atoms with Crippen LogP contribution < -0.4 is 0 Å². The number of rotatable bonds is 10. The van der Waals surface area contributed by atoms with E-state index in [2.05, 4.69) is 276 Å². The van der Waals surface area contributed by atoms with Gasteiger partial charge in [-0.25, -0.2) is 19.9 Å². The van der Waals surface area contributed by atoms with Gasteiger partial charge >= 0.3 is 0 Å². The molecule has 0 spiro atoms. The summed E-state index contributed by atoms with van der Waals surface area (Å²) < 4.78 is 4.49. The Morgan fingerprint density at radius 2 is 0.525 bits per heavy atom. The van der Waals surface area contributed by atoms with Crippen LogP contribution in [0.15, 0.2) is 291 Å². The molecule has 0 saturated carbocycles. The molecule has 0 radical (unpaired) electrons. The van der Waals surface area contributed by atoms with Crippen molar-refractivity contribution in [3.8, 4) is 101 Å². The predicted octanol–water partition coefficient (Wildman–Crippen LogP) is 18.8. The van der Waals surface area contributed by atoms with Crippen molar-refractivity contribution in [1.82, 2.24) is 29.1 Å². The van der Waals surface area contributed by atoms with Crippen LogP contribution in [0.5, 0.6) is 0 Å². The van der Waals surface area contributed by atoms with Gasteiger partial charge in [0.15, 0.2) is 0 Å². The van der Waals surface area contributed by atoms with E-state index in [4.69, 9.17) is 19.9 Å². The number of hydrogen-bond acceptors (Lipinski definition) is 4. The highest BCUT2D eigenvalue weighted by molar-refractivity contribution is 6.22. The van der Waals surface area contributed by atoms with Crippen LogP contribution in [0.1, 0.15) is 0 Å². The fourth-order valence-electron chi connectivity index (χ4n) is 11.6. The molecule has 0 aliphatic heterocycles. The van der Waals surface area contributed by atoms with Crippen LogP contribution in [0.3, 0.4) is 0 Å². The molecule has 6 heteroatoms. The van der Waals surface area contributed by atoms with Crippen molar-refractivity contribution in [1.29, 1.82) is 0 Å². The Balaban J connectivity index is 0.847. The van der Waals surface area contributed by atoms with Gasteiger partial charge in [-0.2, -0.15) is 0 Å². The Labute approximate surface area is 462 Å². The molecule has 0 saturated heterocycles. The molecule has 11 aromatic carbocycles. The minimum atomic E-state index is 0.883. The maximum Gasteiger partial charge on any atom is 0.145 e. The molecular formula is C74H48N6. The normalized spacial score (nSPS) is 11.5. The number of benzene rings is 11. The van der Waals surface area contributed by atoms with Crippen LogP contribution >= 0.6 is 0 Å². The van der Waals surface area contributed by atoms with Crippen LogP contribution in [0, 0.1) is 0 Å². The maximum atomic E-state index is 5.39. The highest BCUT2D eigenvalue weighted by atomic mass is 15.1. The highest BCUT2D eigenvalue weighted by Gasteiger charge is 2.21. The number of nitrogens with zero attached hydrogens (tertiary/aromatic N) is 6. The van der Waals surface area contributed by atoms with E-state index in [0.29, 0.717) is 0 Å². The smallest absolute Gasteiger partial charge is 0.145 e. The van der Waals surface area contributed by atoms with Gasteiger partial charge in [-0.3, -0.25) is 9.13 Å². The van der Waals surface area contributed by atoms with Crippen LogP contribution in [-0.2, 0) is 0 Å². The van der Waals surface area contributed by atoms with Crippen molar-refractivity contribution >= 4 is 43.6 Å². The largest absolute Gasteiger partial charge is 0.292 e. The number of fused-ring (bicyclic) bond motifs is 4. The second-order valence-electron chi connectivity index (χ2n) is 20.2. The van der Waals surface area contributed by atoms with E-state index in [1.807, 2.05) is 24.3 Å². The third kappa shape index (κ3) is 8.22. The molecule has 0 amide bonds. The molecule has 0 bridgehead atoms. The second-order valence-corrected chi connectivity index (χ2v) is 20.2. The van der Waals surface area contributed by atoms with Gasteiger partial charge in [0.2, 0.25) is 0 Å². The molecule has 4 aromatic heterocycles. The molecule has 0 N–H and O–H groups in total. The quantitative estimate of drug-likeness (QED) is 0.128. The fourth-order valence-corrected chi connectivity index (χ4v) is 11.6. The van der Waals surface area contributed by atoms with Gasteiger partial charge in [0.1, 0.15) is 11.6 Å². The summed E-state index contributed by atoms with van der Waals surface area (Å²) in [6, 6.07) is 103. The average Bonchev–Trinajstić information content (AvgIpc) is 4.23. The molecule has 0 aliphatic rings. The third-order valence-electron chi connectivity index (χ3n) is 15.3. The van der Waals surface area contributed by atoms with Crippen molar-refractivity contribution in [2.24, 2.45) is 0 Å². The van der Waals surface area contributed by atoms with E-state index >= 15 is 0 Å². The summed E-state index contributed by atoms with van der Waals surface area (Å²) in [6.07, 6.45) is 0. The summed E-state index contributed by atoms with van der Waals surface area (Å²) in [5.74, 6) is 1.80. The lowest BCUT2D eigenvalue weighted by molar-refractivity contribution is 1.10. The van der Waals surface area contributed by atoms with E-state index in [9.17, 15) is 0 Å². The first kappa shape index (κ1) is 46.5. The van der Waals surface area contributed by atoms with Crippen molar-refractivity contribution in [3.63, 3.8) is 0 Å². The zero-order chi connectivity index (χ0) is 52.9. The summed E-state index contributed by atoms with van der Waals surface area (Å²) >= 11 is 0. The molecule has 80 heavy (non-hydrogen) atoms. The zero-order valence-corrected chi connectivity index (χ0v) is 43.4. The van der Waals surface area contributed by atoms with E-state index < -0.39 is 0 Å². The average molecular weight is 1020 g/mol. The SMILES string of the molecule is c1ccc(-c2c3ccc(-c4cccc(-c5ccc6c(c5)nc(-c5ccccc5)n6-c5ccccc5)n4)cc3c(-c3ccccc3)c3ccc(-c4cccc(-c5ccc6c(c5)nc(-c5ccccc5)n6-c5ccccc5)n4)cc23)cc1. The summed E-state index contributed by atoms with van der Waals surface area (Å²) in [4.78, 5) is 21.3. The zero-order valence-electron chi connectivity index (χ0n) is 43.4. The standard InChI is InChI=1S/C74H48N6/c1-7-21-49(22-8-1)71-59-41-37-54(64-34-20-36-66(76-64)56-40-44-70-68(48-56)78-74(52-27-13-4-14-28-52)80(70)58-31-17-6-18-32-58)46-62(59)72(50-23-9-2-10-24-50)60-42-38-53(45-61(60)71)63-33-19-35-65(75-63)55-39-43-69-67(47-55)77-73(51-25-11-3-12-26-51)79(69)57-29-15-5-16-30-57/h1-48H. The Morgan fingerprint density at radius 3 is 0.887 bits per heavy atom. The van der Waals surface area contributed by atoms with Gasteiger partial charge in [0.25, 0.3) is 0 Å². The molecular weight excluding hydrogens is 973 g/mol.